The molecule has 2 heterocycles. The first kappa shape index (κ1) is 8.97. The normalized spacial score (nSPS) is 18.8. The molecule has 0 saturated carbocycles. The molecule has 0 amide bonds. The van der Waals surface area contributed by atoms with E-state index in [1.165, 1.54) is 0 Å². The number of hydrogen-bond acceptors (Lipinski definition) is 4. The van der Waals surface area contributed by atoms with Crippen LogP contribution in [-0.4, -0.2) is 24.2 Å². The first-order valence-electron chi connectivity index (χ1n) is 4.64. The smallest absolute Gasteiger partial charge is 0.194 e. The molecule has 13 heavy (non-hydrogen) atoms. The lowest BCUT2D eigenvalue weighted by atomic mass is 10.1. The predicted octanol–water partition coefficient (Wildman–Crippen LogP) is 1.58. The Morgan fingerprint density at radius 2 is 2.31 bits per heavy atom. The van der Waals surface area contributed by atoms with Crippen LogP contribution < -0.4 is 10.1 Å². The van der Waals surface area contributed by atoms with E-state index in [0.29, 0.717) is 6.10 Å². The zero-order chi connectivity index (χ0) is 9.10. The Bertz CT molecular complexity index is 268. The first-order valence-corrected chi connectivity index (χ1v) is 5.46. The number of nitrogens with one attached hydrogen (secondary N) is 1. The fourth-order valence-corrected chi connectivity index (χ4v) is 2.16. The van der Waals surface area contributed by atoms with Crippen molar-refractivity contribution in [3.05, 3.63) is 11.2 Å². The van der Waals surface area contributed by atoms with Gasteiger partial charge in [-0.25, -0.2) is 4.98 Å². The quantitative estimate of drug-likeness (QED) is 0.783. The van der Waals surface area contributed by atoms with Crippen molar-refractivity contribution in [3.63, 3.8) is 0 Å². The van der Waals surface area contributed by atoms with Crippen LogP contribution in [0.1, 0.15) is 17.8 Å². The summed E-state index contributed by atoms with van der Waals surface area (Å²) >= 11 is 1.63. The maximum Gasteiger partial charge on any atom is 0.194 e. The molecule has 1 fully saturated rings. The Labute approximate surface area is 82.1 Å². The summed E-state index contributed by atoms with van der Waals surface area (Å²) < 4.78 is 5.79. The highest BCUT2D eigenvalue weighted by molar-refractivity contribution is 7.13. The Balaban J connectivity index is 1.89. The molecule has 0 unspecified atom stereocenters. The second-order valence-electron chi connectivity index (χ2n) is 3.27. The van der Waals surface area contributed by atoms with Gasteiger partial charge in [0, 0.05) is 0 Å². The molecule has 2 rings (SSSR count). The monoisotopic (exact) mass is 198 g/mol. The number of piperidine rings is 1. The van der Waals surface area contributed by atoms with Gasteiger partial charge in [0.2, 0.25) is 0 Å². The fraction of sp³-hybridized carbons (Fsp3) is 0.667. The molecule has 0 spiro atoms. The lowest BCUT2D eigenvalue weighted by Gasteiger charge is -2.22. The highest BCUT2D eigenvalue weighted by Crippen LogP contribution is 2.23. The maximum atomic E-state index is 5.79. The second kappa shape index (κ2) is 4.07. The maximum absolute atomic E-state index is 5.79. The van der Waals surface area contributed by atoms with Crippen LogP contribution in [0.4, 0.5) is 0 Å². The highest BCUT2D eigenvalue weighted by atomic mass is 32.1. The number of ether oxygens (including phenoxy) is 1. The van der Waals surface area contributed by atoms with Gasteiger partial charge in [0.25, 0.3) is 0 Å². The van der Waals surface area contributed by atoms with Gasteiger partial charge in [-0.1, -0.05) is 11.3 Å². The van der Waals surface area contributed by atoms with Crippen molar-refractivity contribution in [3.8, 4) is 5.06 Å². The summed E-state index contributed by atoms with van der Waals surface area (Å²) in [5, 5.41) is 5.35. The Morgan fingerprint density at radius 1 is 1.54 bits per heavy atom. The molecule has 0 radical (unpaired) electrons. The van der Waals surface area contributed by atoms with Crippen molar-refractivity contribution in [1.29, 1.82) is 0 Å². The van der Waals surface area contributed by atoms with Gasteiger partial charge >= 0.3 is 0 Å². The van der Waals surface area contributed by atoms with Gasteiger partial charge in [0.05, 0.1) is 11.2 Å². The van der Waals surface area contributed by atoms with Crippen molar-refractivity contribution in [2.24, 2.45) is 0 Å². The molecule has 0 aliphatic carbocycles. The van der Waals surface area contributed by atoms with E-state index in [4.69, 9.17) is 4.74 Å². The van der Waals surface area contributed by atoms with Gasteiger partial charge in [-0.2, -0.15) is 0 Å². The van der Waals surface area contributed by atoms with Gasteiger partial charge in [-0.3, -0.25) is 0 Å². The first-order chi connectivity index (χ1) is 6.34. The molecule has 0 aromatic carbocycles. The molecule has 72 valence electrons. The van der Waals surface area contributed by atoms with Gasteiger partial charge in [-0.05, 0) is 32.9 Å². The summed E-state index contributed by atoms with van der Waals surface area (Å²) in [5.74, 6) is 0. The minimum Gasteiger partial charge on any atom is -0.479 e. The average molecular weight is 198 g/mol. The van der Waals surface area contributed by atoms with Crippen LogP contribution in [0.2, 0.25) is 0 Å². The molecule has 1 saturated heterocycles. The summed E-state index contributed by atoms with van der Waals surface area (Å²) in [7, 11) is 0. The highest BCUT2D eigenvalue weighted by Gasteiger charge is 2.15. The minimum absolute atomic E-state index is 0.390. The van der Waals surface area contributed by atoms with E-state index >= 15 is 0 Å². The van der Waals surface area contributed by atoms with Crippen LogP contribution in [-0.2, 0) is 0 Å². The summed E-state index contributed by atoms with van der Waals surface area (Å²) in [4.78, 5) is 4.16. The predicted molar refractivity (Wildman–Crippen MR) is 53.4 cm³/mol. The zero-order valence-corrected chi connectivity index (χ0v) is 8.56. The van der Waals surface area contributed by atoms with Crippen molar-refractivity contribution >= 4 is 11.3 Å². The molecule has 1 aliphatic heterocycles. The van der Waals surface area contributed by atoms with Crippen molar-refractivity contribution in [1.82, 2.24) is 10.3 Å². The fourth-order valence-electron chi connectivity index (χ4n) is 1.47. The average Bonchev–Trinajstić information content (AvgIpc) is 2.53. The van der Waals surface area contributed by atoms with Crippen molar-refractivity contribution in [2.45, 2.75) is 25.9 Å². The van der Waals surface area contributed by atoms with E-state index in [-0.39, 0.29) is 0 Å². The molecule has 0 bridgehead atoms. The van der Waals surface area contributed by atoms with Crippen LogP contribution in [0, 0.1) is 6.92 Å². The summed E-state index contributed by atoms with van der Waals surface area (Å²) in [5.41, 5.74) is 0. The van der Waals surface area contributed by atoms with Gasteiger partial charge in [0.1, 0.15) is 6.10 Å². The molecule has 1 aromatic heterocycles. The molecule has 3 nitrogen and oxygen atoms in total. The number of hydrogen-bond donors (Lipinski definition) is 1. The van der Waals surface area contributed by atoms with E-state index < -0.39 is 0 Å². The number of aryl methyl sites for hydroxylation is 1. The topological polar surface area (TPSA) is 34.1 Å². The van der Waals surface area contributed by atoms with Crippen LogP contribution >= 0.6 is 11.3 Å². The molecule has 0 atom stereocenters. The van der Waals surface area contributed by atoms with E-state index in [0.717, 1.165) is 36.0 Å². The standard InChI is InChI=1S/C9H14N2OS/c1-7-11-6-9(13-7)12-8-2-4-10-5-3-8/h6,8,10H,2-5H2,1H3. The van der Waals surface area contributed by atoms with Crippen LogP contribution in [0.15, 0.2) is 6.20 Å². The molecule has 4 heteroatoms. The third-order valence-corrected chi connectivity index (χ3v) is 2.97. The van der Waals surface area contributed by atoms with Crippen LogP contribution in [0.25, 0.3) is 0 Å². The zero-order valence-electron chi connectivity index (χ0n) is 7.75. The summed E-state index contributed by atoms with van der Waals surface area (Å²) in [6, 6.07) is 0. The third-order valence-electron chi connectivity index (χ3n) is 2.17. The Kier molecular flexibility index (Phi) is 2.80. The molecular weight excluding hydrogens is 184 g/mol. The Morgan fingerprint density at radius 3 is 2.92 bits per heavy atom. The molecule has 1 aromatic rings. The van der Waals surface area contributed by atoms with Crippen LogP contribution in [0.5, 0.6) is 5.06 Å². The summed E-state index contributed by atoms with van der Waals surface area (Å²) in [6.07, 6.45) is 4.43. The Hall–Kier alpha value is -0.610. The van der Waals surface area contributed by atoms with E-state index in [1.54, 1.807) is 11.3 Å². The third kappa shape index (κ3) is 2.42. The SMILES string of the molecule is Cc1ncc(OC2CCNCC2)s1. The second-order valence-corrected chi connectivity index (χ2v) is 4.46. The number of aromatic nitrogens is 1. The number of thiazole rings is 1. The van der Waals surface area contributed by atoms with E-state index in [1.807, 2.05) is 13.1 Å². The van der Waals surface area contributed by atoms with Gasteiger partial charge < -0.3 is 10.1 Å². The molecule has 1 aliphatic rings. The van der Waals surface area contributed by atoms with Crippen LogP contribution in [0.3, 0.4) is 0 Å². The van der Waals surface area contributed by atoms with E-state index in [9.17, 15) is 0 Å². The minimum atomic E-state index is 0.390. The van der Waals surface area contributed by atoms with Gasteiger partial charge in [0.15, 0.2) is 5.06 Å². The largest absolute Gasteiger partial charge is 0.479 e. The molecular formula is C9H14N2OS. The number of nitrogens with zero attached hydrogens (tertiary/aromatic N) is 1. The van der Waals surface area contributed by atoms with Crippen molar-refractivity contribution in [2.75, 3.05) is 13.1 Å². The summed E-state index contributed by atoms with van der Waals surface area (Å²) in [6.45, 7) is 4.14. The lowest BCUT2D eigenvalue weighted by molar-refractivity contribution is 0.167. The van der Waals surface area contributed by atoms with Gasteiger partial charge in [-0.15, -0.1) is 0 Å². The molecule has 1 N–H and O–H groups in total. The lowest BCUT2D eigenvalue weighted by Crippen LogP contribution is -2.33. The van der Waals surface area contributed by atoms with E-state index in [2.05, 4.69) is 10.3 Å². The number of rotatable bonds is 2. The van der Waals surface area contributed by atoms with Crippen molar-refractivity contribution < 1.29 is 4.74 Å².